The van der Waals surface area contributed by atoms with Gasteiger partial charge in [0.1, 0.15) is 24.0 Å². The lowest BCUT2D eigenvalue weighted by Gasteiger charge is -2.42. The van der Waals surface area contributed by atoms with Crippen LogP contribution in [0.5, 0.6) is 0 Å². The Bertz CT molecular complexity index is 1770. The summed E-state index contributed by atoms with van der Waals surface area (Å²) in [7, 11) is 4.77. The van der Waals surface area contributed by atoms with Crippen LogP contribution < -0.4 is 0 Å². The van der Waals surface area contributed by atoms with Crippen molar-refractivity contribution in [3.8, 4) is 0 Å². The predicted molar refractivity (Wildman–Crippen MR) is 255 cm³/mol. The summed E-state index contributed by atoms with van der Waals surface area (Å²) in [5.41, 5.74) is 1.73. The summed E-state index contributed by atoms with van der Waals surface area (Å²) in [4.78, 5) is 72.1. The van der Waals surface area contributed by atoms with Crippen LogP contribution in [0.15, 0.2) is 47.6 Å². The van der Waals surface area contributed by atoms with Crippen LogP contribution in [-0.4, -0.2) is 134 Å². The highest BCUT2D eigenvalue weighted by Gasteiger charge is 2.53. The average Bonchev–Trinajstić information content (AvgIpc) is 3.31. The van der Waals surface area contributed by atoms with Crippen molar-refractivity contribution in [3.05, 3.63) is 47.6 Å². The number of aliphatic hydroxyl groups excluding tert-OH is 1. The highest BCUT2D eigenvalue weighted by atomic mass is 16.6. The van der Waals surface area contributed by atoms with E-state index < -0.39 is 65.7 Å². The first kappa shape index (κ1) is 56.2. The summed E-state index contributed by atoms with van der Waals surface area (Å²) in [6.07, 6.45) is 15.2. The molecule has 4 rings (SSSR count). The Kier molecular flexibility index (Phi) is 22.8. The molecule has 3 aliphatic heterocycles. The smallest absolute Gasteiger partial charge is 0.329 e. The zero-order valence-corrected chi connectivity index (χ0v) is 42.1. The van der Waals surface area contributed by atoms with Crippen LogP contribution in [0.3, 0.4) is 0 Å². The first-order chi connectivity index (χ1) is 31.9. The van der Waals surface area contributed by atoms with E-state index in [1.165, 1.54) is 12.0 Å². The number of nitrogens with zero attached hydrogens (tertiary/aromatic N) is 1. The van der Waals surface area contributed by atoms with Crippen LogP contribution in [0.1, 0.15) is 132 Å². The Balaban J connectivity index is 1.67. The number of carbonyl (C=O) groups excluding carboxylic acids is 5. The van der Waals surface area contributed by atoms with E-state index in [0.29, 0.717) is 57.8 Å². The van der Waals surface area contributed by atoms with Crippen LogP contribution in [0.2, 0.25) is 0 Å². The number of allylic oxidation sites excluding steroid dienone is 6. The van der Waals surface area contributed by atoms with Crippen molar-refractivity contribution in [1.82, 2.24) is 4.90 Å². The zero-order valence-electron chi connectivity index (χ0n) is 42.1. The number of piperidine rings is 1. The quantitative estimate of drug-likeness (QED) is 0.134. The van der Waals surface area contributed by atoms with Crippen LogP contribution in [0, 0.1) is 35.5 Å². The normalized spacial score (nSPS) is 35.9. The van der Waals surface area contributed by atoms with E-state index in [1.54, 1.807) is 28.1 Å². The summed E-state index contributed by atoms with van der Waals surface area (Å²) < 4.78 is 35.8. The molecular weight excluding hydrogens is 859 g/mol. The van der Waals surface area contributed by atoms with Crippen LogP contribution >= 0.6 is 0 Å². The number of ketones is 3. The number of hydrogen-bond donors (Lipinski definition) is 2. The number of fused-ring (bicyclic) bond motifs is 3. The first-order valence-corrected chi connectivity index (χ1v) is 24.9. The maximum absolute atomic E-state index is 14.4. The van der Waals surface area contributed by atoms with Crippen molar-refractivity contribution in [2.24, 2.45) is 35.5 Å². The average molecular weight is 942 g/mol. The number of esters is 1. The van der Waals surface area contributed by atoms with Gasteiger partial charge in [-0.2, -0.15) is 0 Å². The first-order valence-electron chi connectivity index (χ1n) is 24.9. The molecule has 0 spiro atoms. The van der Waals surface area contributed by atoms with Gasteiger partial charge >= 0.3 is 5.97 Å². The fourth-order valence-electron chi connectivity index (χ4n) is 10.5. The molecule has 0 aromatic carbocycles. The van der Waals surface area contributed by atoms with Crippen LogP contribution in [0.25, 0.3) is 0 Å². The molecule has 14 heteroatoms. The van der Waals surface area contributed by atoms with Gasteiger partial charge in [-0.15, -0.1) is 0 Å². The number of rotatable bonds is 9. The van der Waals surface area contributed by atoms with Gasteiger partial charge in [0.25, 0.3) is 11.7 Å². The highest BCUT2D eigenvalue weighted by Crippen LogP contribution is 2.38. The lowest BCUT2D eigenvalue weighted by atomic mass is 9.78. The fourth-order valence-corrected chi connectivity index (χ4v) is 10.5. The minimum atomic E-state index is -2.41. The number of cyclic esters (lactones) is 1. The summed E-state index contributed by atoms with van der Waals surface area (Å²) in [5, 5.41) is 21.3. The standard InChI is InChI=1S/C53H83NO13/c1-33-16-12-11-13-17-35(3)45(62-8)31-41-21-19-39(7)53(61,67-41)50(58)51(59)54-23-15-14-18-42(54)52(60)66-46(37(5)29-40-20-22-44(65-25-24-55)47(30-40)63-9)32-43(56)36(4)27-34(2)28-48(64-10)49(57)38(6)26-33/h11-13,16-17,27,33,36-42,44-48,55,61H,14-15,18-26,28-32H2,1-10H3/t33?,36?,37-,38?,39?,40+,41?,42?,44-,45?,46?,47-,48?,53?/m1/s1. The molecule has 1 amide bonds. The van der Waals surface area contributed by atoms with Crippen LogP contribution in [0.4, 0.5) is 0 Å². The Morgan fingerprint density at radius 2 is 1.57 bits per heavy atom. The molecule has 2 bridgehead atoms. The highest BCUT2D eigenvalue weighted by molar-refractivity contribution is 6.39. The number of Topliss-reactive ketones (excluding diaryl/α,β-unsaturated/α-hetero) is 3. The molecule has 67 heavy (non-hydrogen) atoms. The SMILES string of the molecule is COC1CC(C)=CC(C)C(=O)CC([C@H](C)C[C@@H]2CC[C@@H](OCCO)[C@H](OC)C2)OC(=O)C2CCCCN2C(=O)C(=O)C2(O)OC(CCC2C)CC(OC)C(C)=CC=CC=CC(C)CC(C)C1=O. The Morgan fingerprint density at radius 1 is 0.836 bits per heavy atom. The molecule has 3 fully saturated rings. The number of aliphatic hydroxyl groups is 2. The van der Waals surface area contributed by atoms with E-state index >= 15 is 0 Å². The van der Waals surface area contributed by atoms with Gasteiger partial charge in [-0.1, -0.05) is 76.6 Å². The van der Waals surface area contributed by atoms with Gasteiger partial charge in [-0.05, 0) is 101 Å². The van der Waals surface area contributed by atoms with Crippen molar-refractivity contribution in [1.29, 1.82) is 0 Å². The lowest BCUT2D eigenvalue weighted by Crippen LogP contribution is -2.61. The van der Waals surface area contributed by atoms with E-state index in [9.17, 15) is 34.2 Å². The third-order valence-electron chi connectivity index (χ3n) is 14.7. The molecule has 2 N–H and O–H groups in total. The van der Waals surface area contributed by atoms with Gasteiger partial charge in [0.15, 0.2) is 5.78 Å². The minimum Gasteiger partial charge on any atom is -0.460 e. The van der Waals surface area contributed by atoms with Gasteiger partial charge in [0, 0.05) is 64.9 Å². The Labute approximate surface area is 400 Å². The molecule has 378 valence electrons. The Hall–Kier alpha value is -3.37. The van der Waals surface area contributed by atoms with Crippen LogP contribution in [-0.2, 0) is 52.4 Å². The van der Waals surface area contributed by atoms with Crippen molar-refractivity contribution in [2.75, 3.05) is 41.1 Å². The molecule has 14 atom stereocenters. The number of amides is 1. The molecule has 2 saturated heterocycles. The van der Waals surface area contributed by atoms with E-state index in [0.717, 1.165) is 24.0 Å². The molecule has 0 radical (unpaired) electrons. The largest absolute Gasteiger partial charge is 0.460 e. The van der Waals surface area contributed by atoms with Crippen molar-refractivity contribution in [3.63, 3.8) is 0 Å². The monoisotopic (exact) mass is 942 g/mol. The van der Waals surface area contributed by atoms with Gasteiger partial charge in [-0.3, -0.25) is 19.2 Å². The van der Waals surface area contributed by atoms with E-state index in [-0.39, 0.29) is 80.0 Å². The molecule has 1 saturated carbocycles. The third-order valence-corrected chi connectivity index (χ3v) is 14.7. The lowest BCUT2D eigenvalue weighted by molar-refractivity contribution is -0.265. The van der Waals surface area contributed by atoms with Gasteiger partial charge in [0.05, 0.1) is 37.6 Å². The molecule has 10 unspecified atom stereocenters. The number of methoxy groups -OCH3 is 3. The van der Waals surface area contributed by atoms with Crippen molar-refractivity contribution < 1.29 is 62.6 Å². The van der Waals surface area contributed by atoms with Crippen molar-refractivity contribution in [2.45, 2.75) is 180 Å². The maximum Gasteiger partial charge on any atom is 0.329 e. The fraction of sp³-hybridized carbons (Fsp3) is 0.755. The summed E-state index contributed by atoms with van der Waals surface area (Å²) in [6, 6.07) is -1.11. The van der Waals surface area contributed by atoms with E-state index in [4.69, 9.17) is 28.4 Å². The van der Waals surface area contributed by atoms with Gasteiger partial charge < -0.3 is 43.5 Å². The third kappa shape index (κ3) is 15.8. The molecule has 14 nitrogen and oxygen atoms in total. The molecule has 4 aliphatic rings. The molecule has 0 aromatic heterocycles. The minimum absolute atomic E-state index is 0.00423. The summed E-state index contributed by atoms with van der Waals surface area (Å²) >= 11 is 0. The van der Waals surface area contributed by atoms with Gasteiger partial charge in [0.2, 0.25) is 5.79 Å². The second-order valence-corrected chi connectivity index (χ2v) is 20.1. The van der Waals surface area contributed by atoms with Gasteiger partial charge in [-0.25, -0.2) is 4.79 Å². The Morgan fingerprint density at radius 3 is 2.25 bits per heavy atom. The second kappa shape index (κ2) is 27.1. The summed E-state index contributed by atoms with van der Waals surface area (Å²) in [5.74, 6) is -6.94. The molecular formula is C53H83NO13. The number of ether oxygens (including phenoxy) is 6. The van der Waals surface area contributed by atoms with Crippen molar-refractivity contribution >= 4 is 29.2 Å². The molecule has 0 aromatic rings. The molecule has 3 heterocycles. The zero-order chi connectivity index (χ0) is 49.4. The number of hydrogen-bond acceptors (Lipinski definition) is 13. The topological polar surface area (TPSA) is 184 Å². The number of carbonyl (C=O) groups is 5. The maximum atomic E-state index is 14.4. The molecule has 1 aliphatic carbocycles. The predicted octanol–water partition coefficient (Wildman–Crippen LogP) is 7.23. The van der Waals surface area contributed by atoms with E-state index in [1.807, 2.05) is 58.1 Å². The summed E-state index contributed by atoms with van der Waals surface area (Å²) in [6.45, 7) is 13.5. The second-order valence-electron chi connectivity index (χ2n) is 20.1. The van der Waals surface area contributed by atoms with E-state index in [2.05, 4.69) is 13.0 Å².